The summed E-state index contributed by atoms with van der Waals surface area (Å²) in [5, 5.41) is 5.57. The zero-order valence-corrected chi connectivity index (χ0v) is 9.04. The molecule has 14 heavy (non-hydrogen) atoms. The fourth-order valence-electron chi connectivity index (χ4n) is 1.72. The summed E-state index contributed by atoms with van der Waals surface area (Å²) in [6.45, 7) is 0. The number of hydrogen-bond acceptors (Lipinski definition) is 0. The Morgan fingerprint density at radius 3 is 2.64 bits per heavy atom. The molecule has 1 heterocycles. The molecular formula is C12H8LiP. The third kappa shape index (κ3) is 1.41. The zero-order chi connectivity index (χ0) is 8.67. The van der Waals surface area contributed by atoms with Crippen LogP contribution in [0.15, 0.2) is 42.5 Å². The van der Waals surface area contributed by atoms with E-state index in [0.717, 1.165) is 8.19 Å². The van der Waals surface area contributed by atoms with Crippen molar-refractivity contribution in [2.24, 2.45) is 0 Å². The van der Waals surface area contributed by atoms with Gasteiger partial charge in [-0.3, -0.25) is 0 Å². The van der Waals surface area contributed by atoms with E-state index in [1.807, 2.05) is 6.07 Å². The Kier molecular flexibility index (Phi) is 2.70. The van der Waals surface area contributed by atoms with Gasteiger partial charge in [-0.1, -0.05) is 39.9 Å². The predicted molar refractivity (Wildman–Crippen MR) is 59.8 cm³/mol. The summed E-state index contributed by atoms with van der Waals surface area (Å²) in [7, 11) is 0.820. The first-order valence-electron chi connectivity index (χ1n) is 4.32. The van der Waals surface area contributed by atoms with Crippen LogP contribution in [0.2, 0.25) is 0 Å². The number of rotatable bonds is 0. The van der Waals surface area contributed by atoms with Gasteiger partial charge in [0.25, 0.3) is 0 Å². The van der Waals surface area contributed by atoms with Gasteiger partial charge in [-0.2, -0.15) is 8.19 Å². The molecule has 0 bridgehead atoms. The minimum Gasteiger partial charge on any atom is -0.178 e. The first kappa shape index (κ1) is 9.88. The molecule has 3 aromatic rings. The van der Waals surface area contributed by atoms with Crippen LogP contribution in [0.3, 0.4) is 0 Å². The first-order chi connectivity index (χ1) is 6.45. The van der Waals surface area contributed by atoms with Crippen molar-refractivity contribution in [1.29, 1.82) is 0 Å². The largest absolute Gasteiger partial charge is 1.00 e. The van der Waals surface area contributed by atoms with Crippen LogP contribution in [0.5, 0.6) is 0 Å². The second-order valence-corrected chi connectivity index (χ2v) is 4.46. The van der Waals surface area contributed by atoms with Crippen molar-refractivity contribution in [1.82, 2.24) is 0 Å². The predicted octanol–water partition coefficient (Wildman–Crippen LogP) is 0.828. The molecule has 0 saturated carbocycles. The van der Waals surface area contributed by atoms with Crippen LogP contribution in [0, 0.1) is 6.07 Å². The smallest absolute Gasteiger partial charge is 0.178 e. The molecule has 1 unspecified atom stereocenters. The molecule has 1 aromatic heterocycles. The van der Waals surface area contributed by atoms with Crippen molar-refractivity contribution in [3.8, 4) is 0 Å². The molecule has 0 spiro atoms. The Hall–Kier alpha value is -0.663. The molecule has 62 valence electrons. The van der Waals surface area contributed by atoms with Gasteiger partial charge in [-0.25, -0.2) is 0 Å². The van der Waals surface area contributed by atoms with Crippen LogP contribution < -0.4 is 18.9 Å². The number of benzene rings is 2. The van der Waals surface area contributed by atoms with Crippen molar-refractivity contribution < 1.29 is 18.9 Å². The normalized spacial score (nSPS) is 10.9. The van der Waals surface area contributed by atoms with E-state index < -0.39 is 0 Å². The summed E-state index contributed by atoms with van der Waals surface area (Å²) in [6, 6.07) is 18.2. The summed E-state index contributed by atoms with van der Waals surface area (Å²) >= 11 is 0. The minimum absolute atomic E-state index is 0. The van der Waals surface area contributed by atoms with Gasteiger partial charge in [0, 0.05) is 0 Å². The van der Waals surface area contributed by atoms with Gasteiger partial charge in [0.05, 0.1) is 0 Å². The van der Waals surface area contributed by atoms with E-state index in [0.29, 0.717) is 0 Å². The van der Waals surface area contributed by atoms with Crippen molar-refractivity contribution in [2.75, 3.05) is 0 Å². The monoisotopic (exact) mass is 190 g/mol. The molecular weight excluding hydrogens is 182 g/mol. The van der Waals surface area contributed by atoms with Gasteiger partial charge >= 0.3 is 18.9 Å². The maximum absolute atomic E-state index is 3.31. The van der Waals surface area contributed by atoms with Gasteiger partial charge in [0.2, 0.25) is 0 Å². The first-order valence-corrected chi connectivity index (χ1v) is 5.32. The fraction of sp³-hybridized carbons (Fsp3) is 0. The maximum atomic E-state index is 3.31. The molecule has 0 fully saturated rings. The Bertz CT molecular complexity index is 518. The second-order valence-electron chi connectivity index (χ2n) is 3.13. The number of hydrogen-bond donors (Lipinski definition) is 0. The zero-order valence-electron chi connectivity index (χ0n) is 8.04. The molecule has 0 aliphatic rings. The van der Waals surface area contributed by atoms with Gasteiger partial charge < -0.3 is 0 Å². The van der Waals surface area contributed by atoms with E-state index in [2.05, 4.69) is 42.5 Å². The van der Waals surface area contributed by atoms with Gasteiger partial charge in [-0.05, 0) is 0 Å². The average molecular weight is 190 g/mol. The fourth-order valence-corrected chi connectivity index (χ4v) is 3.04. The molecule has 0 N–H and O–H groups in total. The Morgan fingerprint density at radius 2 is 1.71 bits per heavy atom. The average Bonchev–Trinajstić information content (AvgIpc) is 2.56. The SMILES string of the molecule is [Li+].[c-]1cccc2[pH]c3ccccc3c12. The molecule has 3 rings (SSSR count). The summed E-state index contributed by atoms with van der Waals surface area (Å²) in [6.07, 6.45) is 0. The van der Waals surface area contributed by atoms with Crippen LogP contribution in [0.1, 0.15) is 0 Å². The summed E-state index contributed by atoms with van der Waals surface area (Å²) in [5.41, 5.74) is 0. The summed E-state index contributed by atoms with van der Waals surface area (Å²) in [5.74, 6) is 0. The molecule has 0 amide bonds. The van der Waals surface area contributed by atoms with Crippen LogP contribution in [0.25, 0.3) is 21.0 Å². The van der Waals surface area contributed by atoms with Crippen LogP contribution in [-0.4, -0.2) is 0 Å². The van der Waals surface area contributed by atoms with E-state index in [9.17, 15) is 0 Å². The molecule has 0 saturated heterocycles. The Morgan fingerprint density at radius 1 is 0.929 bits per heavy atom. The van der Waals surface area contributed by atoms with Crippen LogP contribution >= 0.6 is 8.19 Å². The van der Waals surface area contributed by atoms with Crippen LogP contribution in [-0.2, 0) is 0 Å². The summed E-state index contributed by atoms with van der Waals surface area (Å²) < 4.78 is 0. The molecule has 0 aliphatic heterocycles. The van der Waals surface area contributed by atoms with E-state index >= 15 is 0 Å². The van der Waals surface area contributed by atoms with Crippen molar-refractivity contribution in [2.45, 2.75) is 0 Å². The molecule has 1 atom stereocenters. The van der Waals surface area contributed by atoms with Gasteiger partial charge in [0.1, 0.15) is 0 Å². The summed E-state index contributed by atoms with van der Waals surface area (Å²) in [4.78, 5) is 0. The quantitative estimate of drug-likeness (QED) is 0.364. The number of fused-ring (bicyclic) bond motifs is 3. The molecule has 0 aliphatic carbocycles. The van der Waals surface area contributed by atoms with E-state index in [4.69, 9.17) is 0 Å². The van der Waals surface area contributed by atoms with Gasteiger partial charge in [0.15, 0.2) is 0 Å². The second kappa shape index (κ2) is 3.83. The van der Waals surface area contributed by atoms with Gasteiger partial charge in [-0.15, -0.1) is 29.7 Å². The molecule has 0 nitrogen and oxygen atoms in total. The van der Waals surface area contributed by atoms with E-state index in [-0.39, 0.29) is 18.9 Å². The van der Waals surface area contributed by atoms with E-state index in [1.165, 1.54) is 21.0 Å². The Balaban J connectivity index is 0.000000750. The standard InChI is InChI=1S/C12H8P.Li/c1-3-7-11-9(5-1)10-6-2-4-8-12(10)13-11;/h1-5,7-8,13H;/q-1;+1. The molecule has 2 aromatic carbocycles. The topological polar surface area (TPSA) is 0 Å². The molecule has 2 heteroatoms. The molecule has 0 radical (unpaired) electrons. The van der Waals surface area contributed by atoms with Crippen LogP contribution in [0.4, 0.5) is 0 Å². The third-order valence-corrected chi connectivity index (χ3v) is 3.71. The van der Waals surface area contributed by atoms with Crippen molar-refractivity contribution in [3.63, 3.8) is 0 Å². The third-order valence-electron chi connectivity index (χ3n) is 2.32. The minimum atomic E-state index is 0. The van der Waals surface area contributed by atoms with Crippen molar-refractivity contribution >= 4 is 29.2 Å². The van der Waals surface area contributed by atoms with Crippen molar-refractivity contribution in [3.05, 3.63) is 48.5 Å². The maximum Gasteiger partial charge on any atom is 1.00 e. The Labute approximate surface area is 96.6 Å². The van der Waals surface area contributed by atoms with E-state index in [1.54, 1.807) is 0 Å².